The van der Waals surface area contributed by atoms with Crippen LogP contribution >= 0.6 is 0 Å². The van der Waals surface area contributed by atoms with Crippen LogP contribution in [0.5, 0.6) is 0 Å². The van der Waals surface area contributed by atoms with Crippen molar-refractivity contribution in [3.63, 3.8) is 0 Å². The van der Waals surface area contributed by atoms with Crippen LogP contribution in [-0.2, 0) is 19.0 Å². The number of benzene rings is 1. The van der Waals surface area contributed by atoms with Crippen LogP contribution in [0.1, 0.15) is 45.8 Å². The molecular weight excluding hydrogens is 299 g/mol. The molecule has 1 aromatic carbocycles. The molecule has 3 rings (SSSR count). The summed E-state index contributed by atoms with van der Waals surface area (Å²) >= 11 is 0. The zero-order valence-electron chi connectivity index (χ0n) is 13.8. The lowest BCUT2D eigenvalue weighted by molar-refractivity contribution is -0.218. The van der Waals surface area contributed by atoms with Gasteiger partial charge < -0.3 is 14.2 Å². The highest BCUT2D eigenvalue weighted by Gasteiger charge is 2.44. The molecule has 0 aromatic heterocycles. The van der Waals surface area contributed by atoms with Gasteiger partial charge in [0.2, 0.25) is 5.79 Å². The largest absolute Gasteiger partial charge is 0.456 e. The van der Waals surface area contributed by atoms with Crippen molar-refractivity contribution in [1.29, 1.82) is 0 Å². The van der Waals surface area contributed by atoms with E-state index in [2.05, 4.69) is 13.8 Å². The van der Waals surface area contributed by atoms with Crippen molar-refractivity contribution in [3.05, 3.63) is 47.0 Å². The second-order valence-corrected chi connectivity index (χ2v) is 6.78. The zero-order chi connectivity index (χ0) is 16.8. The quantitative estimate of drug-likeness (QED) is 0.776. The molecule has 0 saturated carbocycles. The summed E-state index contributed by atoms with van der Waals surface area (Å²) in [5.41, 5.74) is 1.09. The number of hydrogen-bond donors (Lipinski definition) is 0. The molecule has 0 saturated heterocycles. The second kappa shape index (κ2) is 5.64. The molecule has 0 fully saturated rings. The van der Waals surface area contributed by atoms with Gasteiger partial charge >= 0.3 is 5.97 Å². The van der Waals surface area contributed by atoms with E-state index in [0.717, 1.165) is 0 Å². The Morgan fingerprint density at radius 3 is 2.43 bits per heavy atom. The standard InChI is InChI=1S/C18H21FO4/c1-10(2)13-9-14-15(17(20)23-18(3,4)22-14)16(21-13)11-5-7-12(19)8-6-11/h5-8,10,13,16H,9H2,1-4H3. The average Bonchev–Trinajstić information content (AvgIpc) is 2.45. The van der Waals surface area contributed by atoms with E-state index >= 15 is 0 Å². The number of halogens is 1. The maximum Gasteiger partial charge on any atom is 0.343 e. The van der Waals surface area contributed by atoms with Gasteiger partial charge in [0.1, 0.15) is 23.3 Å². The minimum absolute atomic E-state index is 0.0782. The SMILES string of the molecule is CC(C)C1CC2=C(C(=O)OC(C)(C)O2)C(c2ccc(F)cc2)O1. The van der Waals surface area contributed by atoms with E-state index in [9.17, 15) is 9.18 Å². The Morgan fingerprint density at radius 2 is 1.83 bits per heavy atom. The molecule has 2 aliphatic rings. The Bertz CT molecular complexity index is 645. The number of hydrogen-bond acceptors (Lipinski definition) is 4. The van der Waals surface area contributed by atoms with E-state index in [0.29, 0.717) is 23.3 Å². The first-order chi connectivity index (χ1) is 10.8. The van der Waals surface area contributed by atoms with E-state index < -0.39 is 17.9 Å². The number of esters is 1. The van der Waals surface area contributed by atoms with Crippen LogP contribution in [0.25, 0.3) is 0 Å². The van der Waals surface area contributed by atoms with Crippen LogP contribution in [0.2, 0.25) is 0 Å². The van der Waals surface area contributed by atoms with Crippen molar-refractivity contribution in [2.45, 2.75) is 52.1 Å². The lowest BCUT2D eigenvalue weighted by atomic mass is 9.91. The normalized spacial score (nSPS) is 26.6. The maximum absolute atomic E-state index is 13.2. The topological polar surface area (TPSA) is 44.8 Å². The lowest BCUT2D eigenvalue weighted by Gasteiger charge is -2.41. The molecule has 0 spiro atoms. The summed E-state index contributed by atoms with van der Waals surface area (Å²) in [6.07, 6.45) is -0.149. The number of cyclic esters (lactones) is 1. The lowest BCUT2D eigenvalue weighted by Crippen LogP contribution is -2.43. The predicted molar refractivity (Wildman–Crippen MR) is 81.8 cm³/mol. The van der Waals surface area contributed by atoms with E-state index in [-0.39, 0.29) is 17.8 Å². The molecule has 4 nitrogen and oxygen atoms in total. The Kier molecular flexibility index (Phi) is 3.92. The number of carbonyl (C=O) groups is 1. The zero-order valence-corrected chi connectivity index (χ0v) is 13.8. The molecule has 0 radical (unpaired) electrons. The summed E-state index contributed by atoms with van der Waals surface area (Å²) in [6, 6.07) is 5.97. The van der Waals surface area contributed by atoms with Gasteiger partial charge in [0.05, 0.1) is 6.10 Å². The molecule has 0 N–H and O–H groups in total. The minimum atomic E-state index is -0.984. The smallest absolute Gasteiger partial charge is 0.343 e. The van der Waals surface area contributed by atoms with E-state index in [1.54, 1.807) is 26.0 Å². The van der Waals surface area contributed by atoms with Crippen molar-refractivity contribution in [2.75, 3.05) is 0 Å². The van der Waals surface area contributed by atoms with Crippen LogP contribution in [0, 0.1) is 11.7 Å². The van der Waals surface area contributed by atoms with Crippen LogP contribution in [0.3, 0.4) is 0 Å². The summed E-state index contributed by atoms with van der Waals surface area (Å²) in [5.74, 6) is -0.875. The molecule has 124 valence electrons. The summed E-state index contributed by atoms with van der Waals surface area (Å²) in [6.45, 7) is 7.54. The summed E-state index contributed by atoms with van der Waals surface area (Å²) < 4.78 is 30.5. The predicted octanol–water partition coefficient (Wildman–Crippen LogP) is 3.88. The Hall–Kier alpha value is -1.88. The average molecular weight is 320 g/mol. The Labute approximate surface area is 135 Å². The number of rotatable bonds is 2. The fourth-order valence-electron chi connectivity index (χ4n) is 2.92. The fourth-order valence-corrected chi connectivity index (χ4v) is 2.92. The van der Waals surface area contributed by atoms with E-state index in [4.69, 9.17) is 14.2 Å². The molecule has 2 unspecified atom stereocenters. The molecule has 0 amide bonds. The van der Waals surface area contributed by atoms with Crippen LogP contribution in [-0.4, -0.2) is 17.9 Å². The van der Waals surface area contributed by atoms with Gasteiger partial charge in [-0.2, -0.15) is 0 Å². The third-order valence-electron chi connectivity index (χ3n) is 4.10. The van der Waals surface area contributed by atoms with Crippen LogP contribution in [0.15, 0.2) is 35.6 Å². The monoisotopic (exact) mass is 320 g/mol. The first-order valence-electron chi connectivity index (χ1n) is 7.83. The highest BCUT2D eigenvalue weighted by molar-refractivity contribution is 5.91. The highest BCUT2D eigenvalue weighted by Crippen LogP contribution is 2.43. The molecule has 0 aliphatic carbocycles. The second-order valence-electron chi connectivity index (χ2n) is 6.78. The molecule has 2 atom stereocenters. The molecular formula is C18H21FO4. The van der Waals surface area contributed by atoms with Crippen molar-refractivity contribution in [3.8, 4) is 0 Å². The van der Waals surface area contributed by atoms with Gasteiger partial charge in [-0.15, -0.1) is 0 Å². The van der Waals surface area contributed by atoms with Crippen molar-refractivity contribution in [1.82, 2.24) is 0 Å². The Morgan fingerprint density at radius 1 is 1.17 bits per heavy atom. The van der Waals surface area contributed by atoms with E-state index in [1.807, 2.05) is 0 Å². The first kappa shape index (κ1) is 16.0. The molecule has 5 heteroatoms. The van der Waals surface area contributed by atoms with Gasteiger partial charge in [-0.1, -0.05) is 26.0 Å². The number of ether oxygens (including phenoxy) is 3. The molecule has 2 heterocycles. The van der Waals surface area contributed by atoms with Gasteiger partial charge in [0, 0.05) is 20.3 Å². The van der Waals surface area contributed by atoms with Gasteiger partial charge in [0.25, 0.3) is 0 Å². The van der Waals surface area contributed by atoms with Gasteiger partial charge in [-0.3, -0.25) is 0 Å². The summed E-state index contributed by atoms with van der Waals surface area (Å²) in [4.78, 5) is 12.5. The molecule has 0 bridgehead atoms. The van der Waals surface area contributed by atoms with Crippen molar-refractivity contribution >= 4 is 5.97 Å². The summed E-state index contributed by atoms with van der Waals surface area (Å²) in [7, 11) is 0. The summed E-state index contributed by atoms with van der Waals surface area (Å²) in [5, 5.41) is 0. The van der Waals surface area contributed by atoms with E-state index in [1.165, 1.54) is 12.1 Å². The van der Waals surface area contributed by atoms with Crippen molar-refractivity contribution in [2.24, 2.45) is 5.92 Å². The van der Waals surface area contributed by atoms with Crippen LogP contribution in [0.4, 0.5) is 4.39 Å². The minimum Gasteiger partial charge on any atom is -0.456 e. The number of carbonyl (C=O) groups excluding carboxylic acids is 1. The third kappa shape index (κ3) is 3.11. The maximum atomic E-state index is 13.2. The molecule has 2 aliphatic heterocycles. The fraction of sp³-hybridized carbons (Fsp3) is 0.500. The van der Waals surface area contributed by atoms with Gasteiger partial charge in [0.15, 0.2) is 0 Å². The highest BCUT2D eigenvalue weighted by atomic mass is 19.1. The first-order valence-corrected chi connectivity index (χ1v) is 7.83. The van der Waals surface area contributed by atoms with Crippen LogP contribution < -0.4 is 0 Å². The third-order valence-corrected chi connectivity index (χ3v) is 4.10. The molecule has 23 heavy (non-hydrogen) atoms. The molecule has 1 aromatic rings. The van der Waals surface area contributed by atoms with Gasteiger partial charge in [-0.25, -0.2) is 9.18 Å². The van der Waals surface area contributed by atoms with Crippen molar-refractivity contribution < 1.29 is 23.4 Å². The Balaban J connectivity index is 2.05. The van der Waals surface area contributed by atoms with Gasteiger partial charge in [-0.05, 0) is 23.6 Å².